The molecule has 1 N–H and O–H groups in total. The van der Waals surface area contributed by atoms with Gasteiger partial charge in [0.1, 0.15) is 24.1 Å². The number of hydrogen-bond acceptors (Lipinski definition) is 5. The van der Waals surface area contributed by atoms with E-state index in [1.807, 2.05) is 18.2 Å². The fourth-order valence-electron chi connectivity index (χ4n) is 2.69. The molecule has 2 aromatic heterocycles. The molecule has 0 aliphatic carbocycles. The molecule has 140 valence electrons. The van der Waals surface area contributed by atoms with Crippen molar-refractivity contribution in [1.82, 2.24) is 19.1 Å². The molecule has 2 heterocycles. The van der Waals surface area contributed by atoms with Crippen LogP contribution < -0.4 is 10.9 Å². The average Bonchev–Trinajstić information content (AvgIpc) is 3.22. The van der Waals surface area contributed by atoms with Gasteiger partial charge in [0, 0.05) is 7.05 Å². The molecule has 0 radical (unpaired) electrons. The highest BCUT2D eigenvalue weighted by Crippen LogP contribution is 2.17. The molecule has 27 heavy (non-hydrogen) atoms. The minimum absolute atomic E-state index is 0.153. The zero-order valence-electron chi connectivity index (χ0n) is 15.0. The molecule has 0 aliphatic rings. The Morgan fingerprint density at radius 1 is 1.30 bits per heavy atom. The number of amides is 1. The molecule has 0 aliphatic heterocycles. The van der Waals surface area contributed by atoms with Crippen LogP contribution in [0.3, 0.4) is 0 Å². The SMILES string of the molecule is Cc1c(NC(=O)[C@H](C)n2cc([N+](=O)[O-])cn2)c(=O)n(-c2ccccc2)n1C. The molecular weight excluding hydrogens is 352 g/mol. The van der Waals surface area contributed by atoms with Crippen molar-refractivity contribution in [2.75, 3.05) is 5.32 Å². The minimum atomic E-state index is -0.831. The zero-order chi connectivity index (χ0) is 19.7. The van der Waals surface area contributed by atoms with Crippen LogP contribution in [0.1, 0.15) is 18.7 Å². The number of benzene rings is 1. The van der Waals surface area contributed by atoms with E-state index in [0.29, 0.717) is 11.4 Å². The highest BCUT2D eigenvalue weighted by molar-refractivity contribution is 5.93. The van der Waals surface area contributed by atoms with Gasteiger partial charge in [-0.3, -0.25) is 29.1 Å². The van der Waals surface area contributed by atoms with Crippen LogP contribution in [-0.4, -0.2) is 30.0 Å². The highest BCUT2D eigenvalue weighted by atomic mass is 16.6. The van der Waals surface area contributed by atoms with Crippen LogP contribution in [0.5, 0.6) is 0 Å². The standard InChI is InChI=1S/C17H18N6O4/c1-11-15(17(25)22(20(11)3)13-7-5-4-6-8-13)19-16(24)12(2)21-10-14(9-18-21)23(26)27/h4-10,12H,1-3H3,(H,19,24)/t12-/m0/s1. The highest BCUT2D eigenvalue weighted by Gasteiger charge is 2.23. The molecule has 0 bridgehead atoms. The van der Waals surface area contributed by atoms with E-state index in [4.69, 9.17) is 0 Å². The van der Waals surface area contributed by atoms with Gasteiger partial charge in [-0.2, -0.15) is 5.10 Å². The van der Waals surface area contributed by atoms with Gasteiger partial charge >= 0.3 is 5.69 Å². The first-order valence-electron chi connectivity index (χ1n) is 8.14. The predicted molar refractivity (Wildman–Crippen MR) is 98.0 cm³/mol. The van der Waals surface area contributed by atoms with Crippen molar-refractivity contribution in [3.05, 3.63) is 68.9 Å². The lowest BCUT2D eigenvalue weighted by Crippen LogP contribution is -2.27. The van der Waals surface area contributed by atoms with E-state index in [1.54, 1.807) is 37.7 Å². The van der Waals surface area contributed by atoms with Crippen LogP contribution in [0, 0.1) is 17.0 Å². The number of nitrogens with zero attached hydrogens (tertiary/aromatic N) is 5. The van der Waals surface area contributed by atoms with Crippen LogP contribution in [0.4, 0.5) is 11.4 Å². The van der Waals surface area contributed by atoms with Gasteiger partial charge in [-0.15, -0.1) is 0 Å². The molecule has 1 atom stereocenters. The number of hydrogen-bond donors (Lipinski definition) is 1. The van der Waals surface area contributed by atoms with E-state index < -0.39 is 16.9 Å². The maximum Gasteiger partial charge on any atom is 0.307 e. The Bertz CT molecular complexity index is 1060. The quantitative estimate of drug-likeness (QED) is 0.543. The largest absolute Gasteiger partial charge is 0.318 e. The molecule has 0 saturated carbocycles. The van der Waals surface area contributed by atoms with Gasteiger partial charge in [-0.1, -0.05) is 18.2 Å². The summed E-state index contributed by atoms with van der Waals surface area (Å²) >= 11 is 0. The molecule has 0 fully saturated rings. The number of rotatable bonds is 5. The van der Waals surface area contributed by atoms with Crippen molar-refractivity contribution in [1.29, 1.82) is 0 Å². The van der Waals surface area contributed by atoms with Crippen LogP contribution >= 0.6 is 0 Å². The van der Waals surface area contributed by atoms with Crippen LogP contribution in [0.15, 0.2) is 47.5 Å². The van der Waals surface area contributed by atoms with Crippen molar-refractivity contribution in [2.45, 2.75) is 19.9 Å². The van der Waals surface area contributed by atoms with Crippen LogP contribution in [-0.2, 0) is 11.8 Å². The molecule has 1 aromatic carbocycles. The Morgan fingerprint density at radius 2 is 1.96 bits per heavy atom. The number of aromatic nitrogens is 4. The summed E-state index contributed by atoms with van der Waals surface area (Å²) in [5, 5.41) is 17.2. The van der Waals surface area contributed by atoms with Gasteiger partial charge in [-0.05, 0) is 26.0 Å². The van der Waals surface area contributed by atoms with E-state index in [1.165, 1.54) is 15.6 Å². The monoisotopic (exact) mass is 370 g/mol. The zero-order valence-corrected chi connectivity index (χ0v) is 15.0. The van der Waals surface area contributed by atoms with Crippen LogP contribution in [0.2, 0.25) is 0 Å². The maximum absolute atomic E-state index is 12.8. The van der Waals surface area contributed by atoms with E-state index in [-0.39, 0.29) is 16.9 Å². The Labute approximate surface area is 153 Å². The first-order valence-corrected chi connectivity index (χ1v) is 8.14. The number of carbonyl (C=O) groups is 1. The number of anilines is 1. The summed E-state index contributed by atoms with van der Waals surface area (Å²) in [4.78, 5) is 35.5. The van der Waals surface area contributed by atoms with Gasteiger partial charge in [-0.25, -0.2) is 4.68 Å². The van der Waals surface area contributed by atoms with Gasteiger partial charge in [0.2, 0.25) is 5.91 Å². The number of carbonyl (C=O) groups excluding carboxylic acids is 1. The van der Waals surface area contributed by atoms with Crippen molar-refractivity contribution in [3.8, 4) is 5.69 Å². The topological polar surface area (TPSA) is 117 Å². The Kier molecular flexibility index (Phi) is 4.63. The van der Waals surface area contributed by atoms with Crippen molar-refractivity contribution >= 4 is 17.3 Å². The summed E-state index contributed by atoms with van der Waals surface area (Å²) in [5.74, 6) is -0.501. The van der Waals surface area contributed by atoms with E-state index >= 15 is 0 Å². The summed E-state index contributed by atoms with van der Waals surface area (Å²) in [7, 11) is 1.72. The molecule has 3 aromatic rings. The lowest BCUT2D eigenvalue weighted by molar-refractivity contribution is -0.385. The number of para-hydroxylation sites is 1. The molecule has 0 saturated heterocycles. The Hall–Kier alpha value is -3.69. The fraction of sp³-hybridized carbons (Fsp3) is 0.235. The number of nitrogens with one attached hydrogen (secondary N) is 1. The van der Waals surface area contributed by atoms with E-state index in [0.717, 1.165) is 6.20 Å². The Morgan fingerprint density at radius 3 is 2.56 bits per heavy atom. The van der Waals surface area contributed by atoms with Gasteiger partial charge in [0.05, 0.1) is 16.3 Å². The van der Waals surface area contributed by atoms with Crippen molar-refractivity contribution < 1.29 is 9.72 Å². The van der Waals surface area contributed by atoms with E-state index in [2.05, 4.69) is 10.4 Å². The lowest BCUT2D eigenvalue weighted by atomic mass is 10.3. The molecule has 0 unspecified atom stereocenters. The second-order valence-electron chi connectivity index (χ2n) is 6.04. The normalized spacial score (nSPS) is 12.0. The fourth-order valence-corrected chi connectivity index (χ4v) is 2.69. The maximum atomic E-state index is 12.8. The third kappa shape index (κ3) is 3.24. The average molecular weight is 370 g/mol. The van der Waals surface area contributed by atoms with Gasteiger partial charge in [0.15, 0.2) is 0 Å². The second-order valence-corrected chi connectivity index (χ2v) is 6.04. The Balaban J connectivity index is 1.90. The lowest BCUT2D eigenvalue weighted by Gasteiger charge is -2.11. The van der Waals surface area contributed by atoms with Crippen molar-refractivity contribution in [3.63, 3.8) is 0 Å². The summed E-state index contributed by atoms with van der Waals surface area (Å²) in [6.45, 7) is 3.26. The third-order valence-corrected chi connectivity index (χ3v) is 4.38. The first-order chi connectivity index (χ1) is 12.8. The summed E-state index contributed by atoms with van der Waals surface area (Å²) in [6, 6.07) is 8.22. The first kappa shape index (κ1) is 18.1. The summed E-state index contributed by atoms with van der Waals surface area (Å²) in [6.07, 6.45) is 2.24. The van der Waals surface area contributed by atoms with Crippen molar-refractivity contribution in [2.24, 2.45) is 7.05 Å². The molecule has 1 amide bonds. The van der Waals surface area contributed by atoms with Gasteiger partial charge in [0.25, 0.3) is 5.56 Å². The predicted octanol–water partition coefficient (Wildman–Crippen LogP) is 1.79. The molecule has 3 rings (SSSR count). The minimum Gasteiger partial charge on any atom is -0.318 e. The molecular formula is C17H18N6O4. The third-order valence-electron chi connectivity index (χ3n) is 4.38. The van der Waals surface area contributed by atoms with Crippen LogP contribution in [0.25, 0.3) is 5.69 Å². The molecule has 0 spiro atoms. The second kappa shape index (κ2) is 6.90. The summed E-state index contributed by atoms with van der Waals surface area (Å²) < 4.78 is 4.28. The summed E-state index contributed by atoms with van der Waals surface area (Å²) in [5.41, 5.74) is 0.824. The molecule has 10 heteroatoms. The smallest absolute Gasteiger partial charge is 0.307 e. The molecule has 10 nitrogen and oxygen atoms in total. The van der Waals surface area contributed by atoms with Gasteiger partial charge < -0.3 is 5.32 Å². The number of nitro groups is 1. The van der Waals surface area contributed by atoms with E-state index in [9.17, 15) is 19.7 Å².